The van der Waals surface area contributed by atoms with Crippen molar-refractivity contribution < 1.29 is 47.9 Å². The van der Waals surface area contributed by atoms with Crippen LogP contribution in [0.2, 0.25) is 0 Å². The Morgan fingerprint density at radius 3 is 2.13 bits per heavy atom. The topological polar surface area (TPSA) is 119 Å². The molecular formula is C21H34O10. The zero-order chi connectivity index (χ0) is 23.1. The maximum absolute atomic E-state index is 12.7. The summed E-state index contributed by atoms with van der Waals surface area (Å²) in [4.78, 5) is 24.0. The van der Waals surface area contributed by atoms with Crippen molar-refractivity contribution in [3.63, 3.8) is 0 Å². The molecule has 10 heteroatoms. The molecule has 0 aromatic heterocycles. The van der Waals surface area contributed by atoms with Crippen LogP contribution < -0.4 is 0 Å². The predicted octanol–water partition coefficient (Wildman–Crippen LogP) is 1.26. The summed E-state index contributed by atoms with van der Waals surface area (Å²) >= 11 is 0. The quantitative estimate of drug-likeness (QED) is 0.573. The van der Waals surface area contributed by atoms with Crippen molar-refractivity contribution in [2.45, 2.75) is 109 Å². The lowest BCUT2D eigenvalue weighted by molar-refractivity contribution is -0.311. The van der Waals surface area contributed by atoms with Crippen LogP contribution in [0.15, 0.2) is 0 Å². The van der Waals surface area contributed by atoms with Crippen LogP contribution in [0.4, 0.5) is 0 Å². The molecule has 0 aliphatic carbocycles. The van der Waals surface area contributed by atoms with E-state index in [4.69, 9.17) is 33.2 Å². The first-order valence-electron chi connectivity index (χ1n) is 10.6. The second-order valence-corrected chi connectivity index (χ2v) is 9.82. The van der Waals surface area contributed by atoms with Crippen LogP contribution in [0.1, 0.15) is 54.9 Å². The average molecular weight is 446 g/mol. The molecule has 3 rings (SSSR count). The van der Waals surface area contributed by atoms with Crippen molar-refractivity contribution in [1.29, 1.82) is 0 Å². The minimum absolute atomic E-state index is 0.0542. The molecule has 0 spiro atoms. The van der Waals surface area contributed by atoms with E-state index in [0.717, 1.165) is 0 Å². The van der Waals surface area contributed by atoms with Crippen LogP contribution in [0.3, 0.4) is 0 Å². The number of hydrogen-bond donors (Lipinski definition) is 1. The molecule has 10 nitrogen and oxygen atoms in total. The van der Waals surface area contributed by atoms with E-state index in [0.29, 0.717) is 0 Å². The van der Waals surface area contributed by atoms with Crippen molar-refractivity contribution in [3.8, 4) is 0 Å². The predicted molar refractivity (Wildman–Crippen MR) is 104 cm³/mol. The second-order valence-electron chi connectivity index (χ2n) is 9.82. The molecule has 0 aromatic carbocycles. The molecule has 0 radical (unpaired) electrons. The highest BCUT2D eigenvalue weighted by Gasteiger charge is 2.60. The molecule has 0 aromatic rings. The van der Waals surface area contributed by atoms with Crippen molar-refractivity contribution >= 4 is 11.9 Å². The summed E-state index contributed by atoms with van der Waals surface area (Å²) in [6.45, 7) is 11.9. The molecule has 0 saturated carbocycles. The van der Waals surface area contributed by atoms with Crippen molar-refractivity contribution in [2.24, 2.45) is 5.92 Å². The molecule has 3 aliphatic rings. The van der Waals surface area contributed by atoms with Crippen LogP contribution >= 0.6 is 0 Å². The van der Waals surface area contributed by atoms with Gasteiger partial charge < -0.3 is 38.3 Å². The van der Waals surface area contributed by atoms with Crippen molar-refractivity contribution in [2.75, 3.05) is 6.61 Å². The fourth-order valence-corrected chi connectivity index (χ4v) is 4.47. The third kappa shape index (κ3) is 5.55. The SMILES string of the molecule is CC(=O)OC(C)(C)CC(C)(C)OC(=O)C1OC2OC3C(CO)OC(C(C)C)OC3C2O1. The van der Waals surface area contributed by atoms with Gasteiger partial charge >= 0.3 is 11.9 Å². The normalized spacial score (nSPS) is 35.6. The number of esters is 2. The molecule has 3 heterocycles. The molecule has 0 bridgehead atoms. The number of rotatable bonds is 7. The van der Waals surface area contributed by atoms with Gasteiger partial charge in [-0.2, -0.15) is 0 Å². The maximum Gasteiger partial charge on any atom is 0.364 e. The number of carbonyl (C=O) groups excluding carboxylic acids is 2. The number of ether oxygens (including phenoxy) is 7. The van der Waals surface area contributed by atoms with E-state index in [1.807, 2.05) is 13.8 Å². The van der Waals surface area contributed by atoms with E-state index < -0.39 is 66.4 Å². The smallest absolute Gasteiger partial charge is 0.364 e. The highest BCUT2D eigenvalue weighted by atomic mass is 16.9. The van der Waals surface area contributed by atoms with E-state index in [2.05, 4.69) is 0 Å². The lowest BCUT2D eigenvalue weighted by Gasteiger charge is -2.39. The van der Waals surface area contributed by atoms with Crippen LogP contribution in [0.25, 0.3) is 0 Å². The van der Waals surface area contributed by atoms with E-state index in [-0.39, 0.29) is 18.9 Å². The highest BCUT2D eigenvalue weighted by molar-refractivity contribution is 5.74. The first-order valence-corrected chi connectivity index (χ1v) is 10.6. The second kappa shape index (κ2) is 8.92. The summed E-state index contributed by atoms with van der Waals surface area (Å²) in [6.07, 6.45) is -4.69. The summed E-state index contributed by atoms with van der Waals surface area (Å²) in [6, 6.07) is 0. The zero-order valence-corrected chi connectivity index (χ0v) is 19.2. The zero-order valence-electron chi connectivity index (χ0n) is 19.2. The molecule has 3 fully saturated rings. The van der Waals surface area contributed by atoms with Crippen molar-refractivity contribution in [3.05, 3.63) is 0 Å². The monoisotopic (exact) mass is 446 g/mol. The highest BCUT2D eigenvalue weighted by Crippen LogP contribution is 2.41. The third-order valence-electron chi connectivity index (χ3n) is 5.28. The summed E-state index contributed by atoms with van der Waals surface area (Å²) in [5.41, 5.74) is -1.76. The van der Waals surface area contributed by atoms with E-state index in [9.17, 15) is 14.7 Å². The molecule has 0 amide bonds. The summed E-state index contributed by atoms with van der Waals surface area (Å²) in [7, 11) is 0. The van der Waals surface area contributed by atoms with E-state index >= 15 is 0 Å². The van der Waals surface area contributed by atoms with Gasteiger partial charge in [0.15, 0.2) is 12.6 Å². The first-order chi connectivity index (χ1) is 14.3. The van der Waals surface area contributed by atoms with Gasteiger partial charge in [-0.25, -0.2) is 4.79 Å². The summed E-state index contributed by atoms with van der Waals surface area (Å²) < 4.78 is 39.9. The fraction of sp³-hybridized carbons (Fsp3) is 0.905. The van der Waals surface area contributed by atoms with Gasteiger partial charge in [0.25, 0.3) is 6.29 Å². The Morgan fingerprint density at radius 2 is 1.55 bits per heavy atom. The Hall–Kier alpha value is -1.30. The van der Waals surface area contributed by atoms with Crippen molar-refractivity contribution in [1.82, 2.24) is 0 Å². The Kier molecular flexibility index (Phi) is 7.00. The van der Waals surface area contributed by atoms with Crippen LogP contribution in [-0.2, 0) is 42.7 Å². The minimum atomic E-state index is -1.27. The molecule has 7 unspecified atom stereocenters. The van der Waals surface area contributed by atoms with Crippen LogP contribution in [0, 0.1) is 5.92 Å². The minimum Gasteiger partial charge on any atom is -0.460 e. The third-order valence-corrected chi connectivity index (χ3v) is 5.28. The van der Waals surface area contributed by atoms with Gasteiger partial charge in [0.05, 0.1) is 6.61 Å². The molecule has 1 N–H and O–H groups in total. The number of carbonyl (C=O) groups is 2. The van der Waals surface area contributed by atoms with Gasteiger partial charge in [-0.05, 0) is 27.7 Å². The molecule has 178 valence electrons. The van der Waals surface area contributed by atoms with E-state index in [1.54, 1.807) is 27.7 Å². The number of hydrogen-bond acceptors (Lipinski definition) is 10. The van der Waals surface area contributed by atoms with E-state index in [1.165, 1.54) is 6.92 Å². The van der Waals surface area contributed by atoms with Gasteiger partial charge in [-0.15, -0.1) is 0 Å². The maximum atomic E-state index is 12.7. The number of fused-ring (bicyclic) bond motifs is 3. The fourth-order valence-electron chi connectivity index (χ4n) is 4.47. The summed E-state index contributed by atoms with van der Waals surface area (Å²) in [5, 5.41) is 9.67. The van der Waals surface area contributed by atoms with Crippen LogP contribution in [-0.4, -0.2) is 78.1 Å². The standard InChI is InChI=1S/C21H34O10/c1-10(2)17-25-12(8-22)13-14(27-17)15-18(26-13)29-19(28-15)16(24)31-21(6,7)9-20(4,5)30-11(3)23/h10,12-15,17-19,22H,8-9H2,1-7H3. The largest absolute Gasteiger partial charge is 0.460 e. The molecule has 3 aliphatic heterocycles. The van der Waals surface area contributed by atoms with Gasteiger partial charge in [-0.1, -0.05) is 13.8 Å². The lowest BCUT2D eigenvalue weighted by atomic mass is 9.92. The van der Waals surface area contributed by atoms with Gasteiger partial charge in [0.2, 0.25) is 0 Å². The molecule has 31 heavy (non-hydrogen) atoms. The lowest BCUT2D eigenvalue weighted by Crippen LogP contribution is -2.54. The molecular weight excluding hydrogens is 412 g/mol. The van der Waals surface area contributed by atoms with Crippen LogP contribution in [0.5, 0.6) is 0 Å². The Labute approximate surface area is 182 Å². The average Bonchev–Trinajstić information content (AvgIpc) is 3.16. The van der Waals surface area contributed by atoms with Gasteiger partial charge in [-0.3, -0.25) is 4.79 Å². The number of aliphatic hydroxyl groups is 1. The Balaban J connectivity index is 1.61. The first kappa shape index (κ1) is 24.3. The van der Waals surface area contributed by atoms with Gasteiger partial charge in [0.1, 0.15) is 35.6 Å². The Morgan fingerprint density at radius 1 is 0.903 bits per heavy atom. The molecule has 3 saturated heterocycles. The molecule has 7 atom stereocenters. The summed E-state index contributed by atoms with van der Waals surface area (Å²) in [5.74, 6) is -1.06. The number of aliphatic hydroxyl groups excluding tert-OH is 1. The van der Waals surface area contributed by atoms with Gasteiger partial charge in [0, 0.05) is 19.3 Å². The Bertz CT molecular complexity index is 675.